The van der Waals surface area contributed by atoms with Crippen LogP contribution in [0.5, 0.6) is 0 Å². The maximum absolute atomic E-state index is 13.1. The number of carbonyl (C=O) groups is 2. The van der Waals surface area contributed by atoms with Crippen LogP contribution in [0.1, 0.15) is 34.3 Å². The molecule has 2 saturated heterocycles. The standard InChI is InChI=1S/C24H27NO5/c1-28-13-18-7-9-19(10-8-18)23(26)20-11-21-15-29-16-22(12-20)25(21)24(27)30-14-17-5-3-2-4-6-17/h2-10,20-22H,11-16H2,1H3. The van der Waals surface area contributed by atoms with Crippen molar-refractivity contribution in [2.24, 2.45) is 5.92 Å². The monoisotopic (exact) mass is 409 g/mol. The number of hydrogen-bond donors (Lipinski definition) is 0. The highest BCUT2D eigenvalue weighted by Gasteiger charge is 2.44. The first-order valence-electron chi connectivity index (χ1n) is 10.3. The number of benzene rings is 2. The number of hydrogen-bond acceptors (Lipinski definition) is 5. The first-order chi connectivity index (χ1) is 14.7. The van der Waals surface area contributed by atoms with E-state index in [2.05, 4.69) is 0 Å². The summed E-state index contributed by atoms with van der Waals surface area (Å²) in [6.45, 7) is 1.65. The molecule has 0 radical (unpaired) electrons. The zero-order valence-electron chi connectivity index (χ0n) is 17.2. The van der Waals surface area contributed by atoms with Crippen molar-refractivity contribution in [3.8, 4) is 0 Å². The predicted octanol–water partition coefficient (Wildman–Crippen LogP) is 3.83. The molecule has 2 atom stereocenters. The van der Waals surface area contributed by atoms with E-state index in [9.17, 15) is 9.59 Å². The van der Waals surface area contributed by atoms with Gasteiger partial charge in [-0.05, 0) is 24.0 Å². The van der Waals surface area contributed by atoms with E-state index in [1.807, 2.05) is 54.6 Å². The maximum Gasteiger partial charge on any atom is 0.410 e. The fraction of sp³-hybridized carbons (Fsp3) is 0.417. The molecule has 2 aliphatic heterocycles. The Morgan fingerprint density at radius 1 is 0.933 bits per heavy atom. The third-order valence-electron chi connectivity index (χ3n) is 5.86. The van der Waals surface area contributed by atoms with Gasteiger partial charge in [0.25, 0.3) is 0 Å². The normalized spacial score (nSPS) is 23.1. The molecule has 2 heterocycles. The van der Waals surface area contributed by atoms with Gasteiger partial charge in [0.05, 0.1) is 31.9 Å². The van der Waals surface area contributed by atoms with Gasteiger partial charge in [-0.15, -0.1) is 0 Å². The second-order valence-corrected chi connectivity index (χ2v) is 7.96. The lowest BCUT2D eigenvalue weighted by atomic mass is 9.81. The quantitative estimate of drug-likeness (QED) is 0.679. The smallest absolute Gasteiger partial charge is 0.410 e. The number of carbonyl (C=O) groups excluding carboxylic acids is 2. The second-order valence-electron chi connectivity index (χ2n) is 7.96. The van der Waals surface area contributed by atoms with Gasteiger partial charge >= 0.3 is 6.09 Å². The van der Waals surface area contributed by atoms with E-state index in [0.29, 0.717) is 38.2 Å². The minimum absolute atomic E-state index is 0.115. The molecule has 0 N–H and O–H groups in total. The Morgan fingerprint density at radius 2 is 1.57 bits per heavy atom. The third kappa shape index (κ3) is 4.55. The van der Waals surface area contributed by atoms with Crippen LogP contribution in [0.4, 0.5) is 4.79 Å². The summed E-state index contributed by atoms with van der Waals surface area (Å²) in [5, 5.41) is 0. The van der Waals surface area contributed by atoms with Crippen molar-refractivity contribution in [3.05, 3.63) is 71.3 Å². The van der Waals surface area contributed by atoms with Crippen LogP contribution in [0.15, 0.2) is 54.6 Å². The number of amides is 1. The molecule has 0 aromatic heterocycles. The van der Waals surface area contributed by atoms with Gasteiger partial charge in [-0.1, -0.05) is 54.6 Å². The number of methoxy groups -OCH3 is 1. The summed E-state index contributed by atoms with van der Waals surface area (Å²) >= 11 is 0. The van der Waals surface area contributed by atoms with Crippen LogP contribution in [0.3, 0.4) is 0 Å². The van der Waals surface area contributed by atoms with Crippen LogP contribution in [0.25, 0.3) is 0 Å². The highest BCUT2D eigenvalue weighted by molar-refractivity contribution is 5.98. The third-order valence-corrected chi connectivity index (χ3v) is 5.86. The lowest BCUT2D eigenvalue weighted by molar-refractivity contribution is -0.0755. The Morgan fingerprint density at radius 3 is 2.20 bits per heavy atom. The Bertz CT molecular complexity index is 853. The van der Waals surface area contributed by atoms with Crippen molar-refractivity contribution in [2.75, 3.05) is 20.3 Å². The number of piperidine rings is 1. The highest BCUT2D eigenvalue weighted by atomic mass is 16.6. The van der Waals surface area contributed by atoms with Gasteiger partial charge in [0.1, 0.15) is 6.61 Å². The molecule has 1 amide bonds. The van der Waals surface area contributed by atoms with E-state index >= 15 is 0 Å². The summed E-state index contributed by atoms with van der Waals surface area (Å²) in [7, 11) is 1.65. The van der Waals surface area contributed by atoms with Crippen LogP contribution in [-0.2, 0) is 27.4 Å². The summed E-state index contributed by atoms with van der Waals surface area (Å²) in [6, 6.07) is 16.9. The van der Waals surface area contributed by atoms with E-state index in [1.165, 1.54) is 0 Å². The fourth-order valence-electron chi connectivity index (χ4n) is 4.39. The molecule has 2 fully saturated rings. The number of fused-ring (bicyclic) bond motifs is 2. The Balaban J connectivity index is 1.40. The van der Waals surface area contributed by atoms with E-state index in [-0.39, 0.29) is 36.5 Å². The van der Waals surface area contributed by atoms with Crippen molar-refractivity contribution < 1.29 is 23.8 Å². The van der Waals surface area contributed by atoms with E-state index in [4.69, 9.17) is 14.2 Å². The molecule has 30 heavy (non-hydrogen) atoms. The average Bonchev–Trinajstić information content (AvgIpc) is 2.77. The van der Waals surface area contributed by atoms with Crippen LogP contribution < -0.4 is 0 Å². The zero-order chi connectivity index (χ0) is 20.9. The van der Waals surface area contributed by atoms with E-state index in [0.717, 1.165) is 11.1 Å². The van der Waals surface area contributed by atoms with Gasteiger partial charge in [0, 0.05) is 18.6 Å². The molecule has 2 aliphatic rings. The Labute approximate surface area is 176 Å². The molecule has 2 aromatic carbocycles. The first kappa shape index (κ1) is 20.6. The molecule has 0 spiro atoms. The topological polar surface area (TPSA) is 65.1 Å². The zero-order valence-corrected chi connectivity index (χ0v) is 17.2. The highest BCUT2D eigenvalue weighted by Crippen LogP contribution is 2.34. The summed E-state index contributed by atoms with van der Waals surface area (Å²) < 4.78 is 16.4. The number of ether oxygens (including phenoxy) is 3. The SMILES string of the molecule is COCc1ccc(C(=O)C2CC3COCC(C2)N3C(=O)OCc2ccccc2)cc1. The lowest BCUT2D eigenvalue weighted by Crippen LogP contribution is -2.59. The van der Waals surface area contributed by atoms with Crippen molar-refractivity contribution in [3.63, 3.8) is 0 Å². The average molecular weight is 409 g/mol. The summed E-state index contributed by atoms with van der Waals surface area (Å²) in [5.41, 5.74) is 2.70. The minimum atomic E-state index is -0.327. The van der Waals surface area contributed by atoms with Crippen LogP contribution >= 0.6 is 0 Å². The van der Waals surface area contributed by atoms with Gasteiger partial charge in [-0.2, -0.15) is 0 Å². The first-order valence-corrected chi connectivity index (χ1v) is 10.3. The summed E-state index contributed by atoms with van der Waals surface area (Å²) in [5.74, 6) is 0.0171. The molecule has 0 saturated carbocycles. The Hall–Kier alpha value is -2.70. The molecule has 0 aliphatic carbocycles. The van der Waals surface area contributed by atoms with Gasteiger partial charge in [0.2, 0.25) is 0 Å². The minimum Gasteiger partial charge on any atom is -0.445 e. The van der Waals surface area contributed by atoms with Gasteiger partial charge in [-0.25, -0.2) is 4.79 Å². The van der Waals surface area contributed by atoms with Gasteiger partial charge in [0.15, 0.2) is 5.78 Å². The molecular formula is C24H27NO5. The molecule has 2 bridgehead atoms. The van der Waals surface area contributed by atoms with Crippen molar-refractivity contribution in [1.29, 1.82) is 0 Å². The van der Waals surface area contributed by atoms with Gasteiger partial charge in [-0.3, -0.25) is 9.69 Å². The van der Waals surface area contributed by atoms with Crippen LogP contribution in [0.2, 0.25) is 0 Å². The second kappa shape index (κ2) is 9.41. The van der Waals surface area contributed by atoms with Crippen LogP contribution in [-0.4, -0.2) is 49.2 Å². The van der Waals surface area contributed by atoms with Crippen molar-refractivity contribution in [1.82, 2.24) is 4.90 Å². The number of Topliss-reactive ketones (excluding diaryl/α,β-unsaturated/α-hetero) is 1. The molecule has 6 nitrogen and oxygen atoms in total. The van der Waals surface area contributed by atoms with Crippen LogP contribution in [0, 0.1) is 5.92 Å². The number of nitrogens with zero attached hydrogens (tertiary/aromatic N) is 1. The van der Waals surface area contributed by atoms with Crippen molar-refractivity contribution in [2.45, 2.75) is 38.1 Å². The summed E-state index contributed by atoms with van der Waals surface area (Å²) in [4.78, 5) is 27.7. The number of morpholine rings is 1. The lowest BCUT2D eigenvalue weighted by Gasteiger charge is -2.47. The predicted molar refractivity (Wildman–Crippen MR) is 111 cm³/mol. The number of ketones is 1. The van der Waals surface area contributed by atoms with Crippen molar-refractivity contribution >= 4 is 11.9 Å². The molecule has 2 unspecified atom stereocenters. The number of rotatable bonds is 6. The molecule has 2 aromatic rings. The molecule has 6 heteroatoms. The molecule has 4 rings (SSSR count). The Kier molecular flexibility index (Phi) is 6.45. The summed E-state index contributed by atoms with van der Waals surface area (Å²) in [6.07, 6.45) is 0.859. The molecular weight excluding hydrogens is 382 g/mol. The maximum atomic E-state index is 13.1. The largest absolute Gasteiger partial charge is 0.445 e. The van der Waals surface area contributed by atoms with Gasteiger partial charge < -0.3 is 14.2 Å². The van der Waals surface area contributed by atoms with E-state index < -0.39 is 0 Å². The molecule has 158 valence electrons. The van der Waals surface area contributed by atoms with E-state index in [1.54, 1.807) is 12.0 Å². The fourth-order valence-corrected chi connectivity index (χ4v) is 4.39.